The van der Waals surface area contributed by atoms with E-state index in [2.05, 4.69) is 6.92 Å². The molecule has 0 aliphatic heterocycles. The summed E-state index contributed by atoms with van der Waals surface area (Å²) in [5.74, 6) is 0.169. The van der Waals surface area contributed by atoms with Crippen molar-refractivity contribution in [3.05, 3.63) is 29.3 Å². The van der Waals surface area contributed by atoms with Gasteiger partial charge in [0.25, 0.3) is 0 Å². The summed E-state index contributed by atoms with van der Waals surface area (Å²) in [6.45, 7) is 6.66. The SMILES string of the molecule is CCCCCCCCOC(=O)CCCCC(=O)Oc1cc(C)cc(C)c1. The highest BCUT2D eigenvalue weighted by atomic mass is 16.5. The van der Waals surface area contributed by atoms with Crippen molar-refractivity contribution in [1.82, 2.24) is 0 Å². The van der Waals surface area contributed by atoms with Crippen LogP contribution in [-0.4, -0.2) is 18.5 Å². The Hall–Kier alpha value is -1.84. The van der Waals surface area contributed by atoms with Crippen molar-refractivity contribution in [1.29, 1.82) is 0 Å². The fraction of sp³-hybridized carbons (Fsp3) is 0.636. The second-order valence-electron chi connectivity index (χ2n) is 6.99. The molecule has 0 spiro atoms. The maximum Gasteiger partial charge on any atom is 0.311 e. The number of unbranched alkanes of at least 4 members (excludes halogenated alkanes) is 6. The van der Waals surface area contributed by atoms with Crippen molar-refractivity contribution in [2.75, 3.05) is 6.61 Å². The Balaban J connectivity index is 2.05. The van der Waals surface area contributed by atoms with Crippen LogP contribution in [0, 0.1) is 13.8 Å². The molecule has 1 aromatic rings. The minimum absolute atomic E-state index is 0.166. The van der Waals surface area contributed by atoms with Crippen LogP contribution in [0.25, 0.3) is 0 Å². The fourth-order valence-corrected chi connectivity index (χ4v) is 2.85. The van der Waals surface area contributed by atoms with Gasteiger partial charge in [0.05, 0.1) is 6.61 Å². The van der Waals surface area contributed by atoms with Crippen molar-refractivity contribution in [2.24, 2.45) is 0 Å². The molecule has 0 radical (unpaired) electrons. The Morgan fingerprint density at radius 3 is 2.00 bits per heavy atom. The van der Waals surface area contributed by atoms with Crippen LogP contribution in [0.3, 0.4) is 0 Å². The van der Waals surface area contributed by atoms with Crippen LogP contribution in [0.2, 0.25) is 0 Å². The predicted octanol–water partition coefficient (Wildman–Crippen LogP) is 5.67. The number of carbonyl (C=O) groups excluding carboxylic acids is 2. The topological polar surface area (TPSA) is 52.6 Å². The van der Waals surface area contributed by atoms with Crippen molar-refractivity contribution >= 4 is 11.9 Å². The number of hydrogen-bond acceptors (Lipinski definition) is 4. The van der Waals surface area contributed by atoms with Crippen molar-refractivity contribution in [3.8, 4) is 5.75 Å². The van der Waals surface area contributed by atoms with Crippen LogP contribution < -0.4 is 4.74 Å². The quantitative estimate of drug-likeness (QED) is 0.258. The summed E-state index contributed by atoms with van der Waals surface area (Å²) < 4.78 is 10.6. The van der Waals surface area contributed by atoms with Gasteiger partial charge in [0.15, 0.2) is 0 Å². The first-order valence-corrected chi connectivity index (χ1v) is 9.96. The number of benzene rings is 1. The van der Waals surface area contributed by atoms with E-state index in [1.54, 1.807) is 0 Å². The highest BCUT2D eigenvalue weighted by molar-refractivity contribution is 5.72. The summed E-state index contributed by atoms with van der Waals surface area (Å²) in [5.41, 5.74) is 2.14. The van der Waals surface area contributed by atoms with Crippen LogP contribution in [0.1, 0.15) is 82.3 Å². The fourth-order valence-electron chi connectivity index (χ4n) is 2.85. The Morgan fingerprint density at radius 1 is 0.769 bits per heavy atom. The van der Waals surface area contributed by atoms with E-state index >= 15 is 0 Å². The Morgan fingerprint density at radius 2 is 1.35 bits per heavy atom. The molecule has 0 saturated heterocycles. The standard InChI is InChI=1S/C22H34O4/c1-4-5-6-7-8-11-14-25-21(23)12-9-10-13-22(24)26-20-16-18(2)15-19(3)17-20/h15-17H,4-14H2,1-3H3. The predicted molar refractivity (Wildman–Crippen MR) is 104 cm³/mol. The van der Waals surface area contributed by atoms with Gasteiger partial charge in [-0.25, -0.2) is 0 Å². The zero-order valence-corrected chi connectivity index (χ0v) is 16.6. The third kappa shape index (κ3) is 10.9. The Bertz CT molecular complexity index is 531. The molecular weight excluding hydrogens is 328 g/mol. The van der Waals surface area contributed by atoms with Crippen molar-refractivity contribution in [3.63, 3.8) is 0 Å². The minimum atomic E-state index is -0.254. The number of rotatable bonds is 13. The second kappa shape index (κ2) is 13.4. The molecule has 0 aromatic heterocycles. The zero-order valence-electron chi connectivity index (χ0n) is 16.6. The van der Waals surface area contributed by atoms with Gasteiger partial charge in [-0.05, 0) is 56.4 Å². The van der Waals surface area contributed by atoms with E-state index in [1.165, 1.54) is 25.7 Å². The molecule has 0 aliphatic carbocycles. The first-order valence-electron chi connectivity index (χ1n) is 9.96. The molecule has 0 amide bonds. The number of ether oxygens (including phenoxy) is 2. The first-order chi connectivity index (χ1) is 12.5. The number of esters is 2. The molecule has 0 unspecified atom stereocenters. The number of carbonyl (C=O) groups is 2. The molecule has 0 saturated carbocycles. The van der Waals surface area contributed by atoms with Crippen LogP contribution in [0.4, 0.5) is 0 Å². The average Bonchev–Trinajstić information content (AvgIpc) is 2.57. The van der Waals surface area contributed by atoms with E-state index in [9.17, 15) is 9.59 Å². The summed E-state index contributed by atoms with van der Waals surface area (Å²) in [7, 11) is 0. The van der Waals surface area contributed by atoms with Gasteiger partial charge in [-0.15, -0.1) is 0 Å². The molecule has 0 aliphatic rings. The van der Waals surface area contributed by atoms with Gasteiger partial charge in [0.1, 0.15) is 5.75 Å². The molecule has 0 atom stereocenters. The zero-order chi connectivity index (χ0) is 19.2. The van der Waals surface area contributed by atoms with Crippen molar-refractivity contribution in [2.45, 2.75) is 85.0 Å². The lowest BCUT2D eigenvalue weighted by atomic mass is 10.1. The highest BCUT2D eigenvalue weighted by Crippen LogP contribution is 2.17. The van der Waals surface area contributed by atoms with E-state index in [4.69, 9.17) is 9.47 Å². The lowest BCUT2D eigenvalue weighted by Gasteiger charge is -2.07. The average molecular weight is 363 g/mol. The van der Waals surface area contributed by atoms with E-state index in [0.29, 0.717) is 38.0 Å². The normalized spacial score (nSPS) is 10.6. The van der Waals surface area contributed by atoms with Gasteiger partial charge in [0, 0.05) is 12.8 Å². The molecule has 1 aromatic carbocycles. The van der Waals surface area contributed by atoms with E-state index < -0.39 is 0 Å². The van der Waals surface area contributed by atoms with Gasteiger partial charge in [0.2, 0.25) is 0 Å². The molecule has 26 heavy (non-hydrogen) atoms. The summed E-state index contributed by atoms with van der Waals surface area (Å²) in [4.78, 5) is 23.5. The third-order valence-corrected chi connectivity index (χ3v) is 4.20. The molecular formula is C22H34O4. The van der Waals surface area contributed by atoms with Gasteiger partial charge in [-0.1, -0.05) is 45.1 Å². The molecule has 0 heterocycles. The minimum Gasteiger partial charge on any atom is -0.466 e. The number of aryl methyl sites for hydroxylation is 2. The molecule has 0 bridgehead atoms. The van der Waals surface area contributed by atoms with E-state index in [-0.39, 0.29) is 11.9 Å². The van der Waals surface area contributed by atoms with Crippen molar-refractivity contribution < 1.29 is 19.1 Å². The second-order valence-corrected chi connectivity index (χ2v) is 6.99. The van der Waals surface area contributed by atoms with Gasteiger partial charge in [-0.3, -0.25) is 9.59 Å². The Labute approximate surface area is 158 Å². The molecule has 1 rings (SSSR count). The summed E-state index contributed by atoms with van der Waals surface area (Å²) in [5, 5.41) is 0. The largest absolute Gasteiger partial charge is 0.466 e. The summed E-state index contributed by atoms with van der Waals surface area (Å²) in [6, 6.07) is 5.74. The maximum absolute atomic E-state index is 11.9. The Kier molecular flexibility index (Phi) is 11.4. The lowest BCUT2D eigenvalue weighted by Crippen LogP contribution is -2.09. The van der Waals surface area contributed by atoms with E-state index in [0.717, 1.165) is 24.0 Å². The van der Waals surface area contributed by atoms with Crippen LogP contribution in [-0.2, 0) is 14.3 Å². The maximum atomic E-state index is 11.9. The van der Waals surface area contributed by atoms with Gasteiger partial charge < -0.3 is 9.47 Å². The van der Waals surface area contributed by atoms with Crippen LogP contribution >= 0.6 is 0 Å². The van der Waals surface area contributed by atoms with Gasteiger partial charge >= 0.3 is 11.9 Å². The summed E-state index contributed by atoms with van der Waals surface area (Å²) in [6.07, 6.45) is 9.04. The lowest BCUT2D eigenvalue weighted by molar-refractivity contribution is -0.144. The van der Waals surface area contributed by atoms with Crippen LogP contribution in [0.15, 0.2) is 18.2 Å². The summed E-state index contributed by atoms with van der Waals surface area (Å²) >= 11 is 0. The monoisotopic (exact) mass is 362 g/mol. The number of hydrogen-bond donors (Lipinski definition) is 0. The first kappa shape index (κ1) is 22.2. The molecule has 0 N–H and O–H groups in total. The van der Waals surface area contributed by atoms with Crippen LogP contribution in [0.5, 0.6) is 5.75 Å². The molecule has 146 valence electrons. The smallest absolute Gasteiger partial charge is 0.311 e. The molecule has 0 fully saturated rings. The van der Waals surface area contributed by atoms with E-state index in [1.807, 2.05) is 32.0 Å². The molecule has 4 nitrogen and oxygen atoms in total. The highest BCUT2D eigenvalue weighted by Gasteiger charge is 2.08. The molecule has 4 heteroatoms. The van der Waals surface area contributed by atoms with Gasteiger partial charge in [-0.2, -0.15) is 0 Å². The third-order valence-electron chi connectivity index (χ3n) is 4.20.